The number of halogens is 2. The summed E-state index contributed by atoms with van der Waals surface area (Å²) in [6.07, 6.45) is 0.926. The number of alkyl halides is 2. The van der Waals surface area contributed by atoms with Gasteiger partial charge in [-0.2, -0.15) is 0 Å². The molecule has 2 atom stereocenters. The highest BCUT2D eigenvalue weighted by molar-refractivity contribution is 6.29. The molecular weight excluding hydrogens is 279 g/mol. The summed E-state index contributed by atoms with van der Waals surface area (Å²) in [4.78, 5) is 21.2. The summed E-state index contributed by atoms with van der Waals surface area (Å²) in [5, 5.41) is -0.589. The molecule has 0 rings (SSSR count). The normalized spacial score (nSPS) is 12.8. The second kappa shape index (κ2) is 13.0. The molecular formula is C12H22Cl2O4. The molecule has 0 aliphatic rings. The molecule has 0 spiro atoms. The number of ether oxygens (including phenoxy) is 2. The summed E-state index contributed by atoms with van der Waals surface area (Å²) >= 11 is 11.0. The Hall–Kier alpha value is -0.480. The van der Waals surface area contributed by atoms with Crippen LogP contribution in [0.2, 0.25) is 0 Å². The molecule has 2 unspecified atom stereocenters. The van der Waals surface area contributed by atoms with Gasteiger partial charge in [-0.1, -0.05) is 6.92 Å². The highest BCUT2D eigenvalue weighted by Crippen LogP contribution is 2.02. The van der Waals surface area contributed by atoms with Crippen molar-refractivity contribution in [2.75, 3.05) is 13.2 Å². The van der Waals surface area contributed by atoms with Gasteiger partial charge in [-0.3, -0.25) is 9.59 Å². The Morgan fingerprint density at radius 1 is 1.06 bits per heavy atom. The summed E-state index contributed by atoms with van der Waals surface area (Å²) in [6.45, 7) is 7.98. The van der Waals surface area contributed by atoms with E-state index in [0.717, 1.165) is 0 Å². The maximum absolute atomic E-state index is 10.6. The molecule has 0 aromatic carbocycles. The molecule has 0 aliphatic carbocycles. The third-order valence-electron chi connectivity index (χ3n) is 1.65. The van der Waals surface area contributed by atoms with Crippen molar-refractivity contribution in [3.05, 3.63) is 0 Å². The fraction of sp³-hybridized carbons (Fsp3) is 0.833. The maximum atomic E-state index is 10.6. The monoisotopic (exact) mass is 300 g/mol. The van der Waals surface area contributed by atoms with Crippen LogP contribution in [0.5, 0.6) is 0 Å². The SMILES string of the molecule is CCOC(=O)C(Cl)CC.CCOC(=O)CC(C)Cl. The molecule has 0 fully saturated rings. The van der Waals surface area contributed by atoms with E-state index < -0.39 is 5.38 Å². The van der Waals surface area contributed by atoms with E-state index in [4.69, 9.17) is 23.2 Å². The maximum Gasteiger partial charge on any atom is 0.324 e. The summed E-state index contributed by atoms with van der Waals surface area (Å²) in [7, 11) is 0. The third kappa shape index (κ3) is 13.6. The standard InChI is InChI=1S/2C6H11ClO2/c1-3-9-6(8)4-5(2)7;1-3-5(7)6(8)9-4-2/h2*5H,3-4H2,1-2H3. The van der Waals surface area contributed by atoms with Crippen LogP contribution in [-0.2, 0) is 19.1 Å². The van der Waals surface area contributed by atoms with Gasteiger partial charge in [0, 0.05) is 5.38 Å². The molecule has 0 saturated heterocycles. The quantitative estimate of drug-likeness (QED) is 0.558. The molecule has 0 saturated carbocycles. The van der Waals surface area contributed by atoms with Crippen molar-refractivity contribution in [2.45, 2.75) is 51.3 Å². The Balaban J connectivity index is 0. The zero-order valence-electron chi connectivity index (χ0n) is 11.4. The minimum Gasteiger partial charge on any atom is -0.466 e. The first-order valence-corrected chi connectivity index (χ1v) is 6.86. The van der Waals surface area contributed by atoms with Crippen LogP contribution >= 0.6 is 23.2 Å². The van der Waals surface area contributed by atoms with Crippen molar-refractivity contribution >= 4 is 35.1 Å². The van der Waals surface area contributed by atoms with Gasteiger partial charge in [-0.25, -0.2) is 0 Å². The van der Waals surface area contributed by atoms with Gasteiger partial charge >= 0.3 is 11.9 Å². The molecule has 0 N–H and O–H groups in total. The van der Waals surface area contributed by atoms with Gasteiger partial charge in [0.15, 0.2) is 0 Å². The van der Waals surface area contributed by atoms with Crippen LogP contribution in [0.25, 0.3) is 0 Å². The lowest BCUT2D eigenvalue weighted by atomic mass is 10.3. The van der Waals surface area contributed by atoms with E-state index in [1.807, 2.05) is 6.92 Å². The average Bonchev–Trinajstić information content (AvgIpc) is 2.28. The number of esters is 2. The molecule has 0 bridgehead atoms. The predicted octanol–water partition coefficient (Wildman–Crippen LogP) is 3.13. The summed E-state index contributed by atoms with van der Waals surface area (Å²) in [5.41, 5.74) is 0. The van der Waals surface area contributed by atoms with Crippen molar-refractivity contribution in [1.82, 2.24) is 0 Å². The minimum atomic E-state index is -0.468. The van der Waals surface area contributed by atoms with Crippen molar-refractivity contribution in [1.29, 1.82) is 0 Å². The number of rotatable bonds is 6. The van der Waals surface area contributed by atoms with Crippen LogP contribution in [-0.4, -0.2) is 35.9 Å². The van der Waals surface area contributed by atoms with E-state index in [1.54, 1.807) is 20.8 Å². The lowest BCUT2D eigenvalue weighted by Gasteiger charge is -2.03. The zero-order valence-corrected chi connectivity index (χ0v) is 12.9. The Morgan fingerprint density at radius 3 is 1.89 bits per heavy atom. The molecule has 0 aromatic heterocycles. The lowest BCUT2D eigenvalue weighted by Crippen LogP contribution is -2.16. The first-order chi connectivity index (χ1) is 8.38. The fourth-order valence-corrected chi connectivity index (χ4v) is 1.04. The van der Waals surface area contributed by atoms with Crippen molar-refractivity contribution in [2.24, 2.45) is 0 Å². The smallest absolute Gasteiger partial charge is 0.324 e. The molecule has 0 heterocycles. The average molecular weight is 301 g/mol. The third-order valence-corrected chi connectivity index (χ3v) is 2.30. The summed E-state index contributed by atoms with van der Waals surface area (Å²) in [6, 6.07) is 0. The first-order valence-electron chi connectivity index (χ1n) is 5.99. The zero-order chi connectivity index (χ0) is 14.6. The van der Waals surface area contributed by atoms with E-state index in [9.17, 15) is 9.59 Å². The molecule has 4 nitrogen and oxygen atoms in total. The van der Waals surface area contributed by atoms with Crippen molar-refractivity contribution in [3.63, 3.8) is 0 Å². The van der Waals surface area contributed by atoms with Crippen LogP contribution < -0.4 is 0 Å². The topological polar surface area (TPSA) is 52.6 Å². The Bertz CT molecular complexity index is 232. The van der Waals surface area contributed by atoms with Gasteiger partial charge in [-0.15, -0.1) is 23.2 Å². The number of carbonyl (C=O) groups excluding carboxylic acids is 2. The van der Waals surface area contributed by atoms with Gasteiger partial charge in [0.2, 0.25) is 0 Å². The number of carbonyl (C=O) groups is 2. The van der Waals surface area contributed by atoms with E-state index >= 15 is 0 Å². The predicted molar refractivity (Wildman–Crippen MR) is 73.1 cm³/mol. The van der Waals surface area contributed by atoms with Gasteiger partial charge in [-0.05, 0) is 27.2 Å². The van der Waals surface area contributed by atoms with Crippen LogP contribution in [0.3, 0.4) is 0 Å². The lowest BCUT2D eigenvalue weighted by molar-refractivity contribution is -0.143. The second-order valence-corrected chi connectivity index (χ2v) is 4.69. The Labute approximate surface area is 119 Å². The van der Waals surface area contributed by atoms with Gasteiger partial charge in [0.1, 0.15) is 5.38 Å². The van der Waals surface area contributed by atoms with E-state index in [-0.39, 0.29) is 17.3 Å². The molecule has 0 aliphatic heterocycles. The minimum absolute atomic E-state index is 0.121. The number of hydrogen-bond acceptors (Lipinski definition) is 4. The van der Waals surface area contributed by atoms with E-state index in [2.05, 4.69) is 9.47 Å². The van der Waals surface area contributed by atoms with Crippen LogP contribution in [0.1, 0.15) is 40.5 Å². The van der Waals surface area contributed by atoms with Crippen LogP contribution in [0.4, 0.5) is 0 Å². The molecule has 18 heavy (non-hydrogen) atoms. The Morgan fingerprint density at radius 2 is 1.56 bits per heavy atom. The second-order valence-electron chi connectivity index (χ2n) is 3.42. The van der Waals surface area contributed by atoms with Crippen LogP contribution in [0, 0.1) is 0 Å². The molecule has 6 heteroatoms. The summed E-state index contributed by atoms with van der Waals surface area (Å²) in [5.74, 6) is -0.540. The molecule has 0 radical (unpaired) electrons. The van der Waals surface area contributed by atoms with Gasteiger partial charge < -0.3 is 9.47 Å². The number of hydrogen-bond donors (Lipinski definition) is 0. The summed E-state index contributed by atoms with van der Waals surface area (Å²) < 4.78 is 9.25. The van der Waals surface area contributed by atoms with E-state index in [1.165, 1.54) is 0 Å². The van der Waals surface area contributed by atoms with Crippen molar-refractivity contribution in [3.8, 4) is 0 Å². The molecule has 0 aromatic rings. The highest BCUT2D eigenvalue weighted by atomic mass is 35.5. The Kier molecular flexibility index (Phi) is 14.3. The van der Waals surface area contributed by atoms with E-state index in [0.29, 0.717) is 26.1 Å². The molecule has 0 amide bonds. The van der Waals surface area contributed by atoms with Gasteiger partial charge in [0.05, 0.1) is 19.6 Å². The largest absolute Gasteiger partial charge is 0.466 e. The fourth-order valence-electron chi connectivity index (χ4n) is 0.849. The van der Waals surface area contributed by atoms with Crippen LogP contribution in [0.15, 0.2) is 0 Å². The highest BCUT2D eigenvalue weighted by Gasteiger charge is 2.12. The molecule has 108 valence electrons. The van der Waals surface area contributed by atoms with Crippen molar-refractivity contribution < 1.29 is 19.1 Å². The first kappa shape index (κ1) is 19.9. The van der Waals surface area contributed by atoms with Gasteiger partial charge in [0.25, 0.3) is 0 Å².